The molecule has 2 aromatic carbocycles. The zero-order valence-corrected chi connectivity index (χ0v) is 12.5. The Morgan fingerprint density at radius 2 is 1.78 bits per heavy atom. The highest BCUT2D eigenvalue weighted by atomic mass is 79.9. The summed E-state index contributed by atoms with van der Waals surface area (Å²) in [5.41, 5.74) is 6.85. The van der Waals surface area contributed by atoms with Crippen molar-refractivity contribution >= 4 is 37.5 Å². The van der Waals surface area contributed by atoms with Gasteiger partial charge in [0.25, 0.3) is 0 Å². The van der Waals surface area contributed by atoms with Crippen LogP contribution in [0, 0.1) is 5.82 Å². The van der Waals surface area contributed by atoms with E-state index in [1.807, 2.05) is 18.2 Å². The summed E-state index contributed by atoms with van der Waals surface area (Å²) in [4.78, 5) is 0. The van der Waals surface area contributed by atoms with Crippen LogP contribution >= 0.6 is 31.9 Å². The molecule has 5 heteroatoms. The van der Waals surface area contributed by atoms with Crippen molar-refractivity contribution in [1.82, 2.24) is 0 Å². The minimum absolute atomic E-state index is 0.285. The standard InChI is InChI=1S/C13H10Br2FNO/c14-10-2-1-3-11(15)13(10)18-7-8-4-5-9(16)6-12(8)17/h1-6H,7,17H2. The smallest absolute Gasteiger partial charge is 0.148 e. The zero-order valence-electron chi connectivity index (χ0n) is 9.29. The number of ether oxygens (including phenoxy) is 1. The summed E-state index contributed by atoms with van der Waals surface area (Å²) in [6.07, 6.45) is 0. The fraction of sp³-hybridized carbons (Fsp3) is 0.0769. The minimum atomic E-state index is -0.349. The molecule has 0 aliphatic carbocycles. The van der Waals surface area contributed by atoms with Crippen molar-refractivity contribution in [1.29, 1.82) is 0 Å². The molecule has 0 aliphatic rings. The van der Waals surface area contributed by atoms with Crippen LogP contribution < -0.4 is 10.5 Å². The number of halogens is 3. The van der Waals surface area contributed by atoms with Crippen LogP contribution in [0.1, 0.15) is 5.56 Å². The van der Waals surface area contributed by atoms with Crippen molar-refractivity contribution in [3.05, 3.63) is 56.7 Å². The number of nitrogen functional groups attached to an aromatic ring is 1. The Morgan fingerprint density at radius 3 is 2.39 bits per heavy atom. The molecule has 18 heavy (non-hydrogen) atoms. The van der Waals surface area contributed by atoms with Crippen molar-refractivity contribution in [3.63, 3.8) is 0 Å². The molecule has 2 nitrogen and oxygen atoms in total. The van der Waals surface area contributed by atoms with Crippen molar-refractivity contribution in [3.8, 4) is 5.75 Å². The SMILES string of the molecule is Nc1cc(F)ccc1COc1c(Br)cccc1Br. The largest absolute Gasteiger partial charge is 0.486 e. The average Bonchev–Trinajstić information content (AvgIpc) is 2.31. The van der Waals surface area contributed by atoms with Crippen LogP contribution in [0.3, 0.4) is 0 Å². The van der Waals surface area contributed by atoms with Crippen molar-refractivity contribution in [2.75, 3.05) is 5.73 Å². The minimum Gasteiger partial charge on any atom is -0.486 e. The molecule has 0 amide bonds. The summed E-state index contributed by atoms with van der Waals surface area (Å²) >= 11 is 6.81. The molecule has 0 bridgehead atoms. The topological polar surface area (TPSA) is 35.2 Å². The first kappa shape index (κ1) is 13.4. The highest BCUT2D eigenvalue weighted by molar-refractivity contribution is 9.11. The maximum atomic E-state index is 12.9. The van der Waals surface area contributed by atoms with Gasteiger partial charge in [0, 0.05) is 11.3 Å². The second-order valence-electron chi connectivity index (χ2n) is 3.68. The van der Waals surface area contributed by atoms with Gasteiger partial charge in [0.05, 0.1) is 8.95 Å². The van der Waals surface area contributed by atoms with E-state index in [0.29, 0.717) is 11.4 Å². The van der Waals surface area contributed by atoms with E-state index in [1.165, 1.54) is 12.1 Å². The third-order valence-electron chi connectivity index (χ3n) is 2.40. The van der Waals surface area contributed by atoms with Crippen LogP contribution in [-0.2, 0) is 6.61 Å². The lowest BCUT2D eigenvalue weighted by Gasteiger charge is -2.11. The summed E-state index contributed by atoms with van der Waals surface area (Å²) in [5, 5.41) is 0. The number of anilines is 1. The van der Waals surface area contributed by atoms with E-state index < -0.39 is 0 Å². The molecule has 0 saturated carbocycles. The predicted octanol–water partition coefficient (Wildman–Crippen LogP) is 4.51. The van der Waals surface area contributed by atoms with E-state index >= 15 is 0 Å². The van der Waals surface area contributed by atoms with Crippen LogP contribution in [0.15, 0.2) is 45.3 Å². The molecule has 0 aromatic heterocycles. The van der Waals surface area contributed by atoms with E-state index in [-0.39, 0.29) is 12.4 Å². The molecule has 0 aliphatic heterocycles. The van der Waals surface area contributed by atoms with Crippen LogP contribution in [0.2, 0.25) is 0 Å². The molecular formula is C13H10Br2FNO. The number of hydrogen-bond donors (Lipinski definition) is 1. The molecule has 0 radical (unpaired) electrons. The Balaban J connectivity index is 2.16. The lowest BCUT2D eigenvalue weighted by atomic mass is 10.2. The third kappa shape index (κ3) is 3.03. The van der Waals surface area contributed by atoms with Crippen molar-refractivity contribution in [2.24, 2.45) is 0 Å². The monoisotopic (exact) mass is 373 g/mol. The first-order valence-corrected chi connectivity index (χ1v) is 6.77. The van der Waals surface area contributed by atoms with Gasteiger partial charge in [0.1, 0.15) is 18.2 Å². The molecule has 0 heterocycles. The number of benzene rings is 2. The predicted molar refractivity (Wildman–Crippen MR) is 77.0 cm³/mol. The van der Waals surface area contributed by atoms with E-state index in [2.05, 4.69) is 31.9 Å². The van der Waals surface area contributed by atoms with Gasteiger partial charge in [0.15, 0.2) is 0 Å². The highest BCUT2D eigenvalue weighted by Gasteiger charge is 2.07. The van der Waals surface area contributed by atoms with E-state index in [4.69, 9.17) is 10.5 Å². The second-order valence-corrected chi connectivity index (χ2v) is 5.39. The average molecular weight is 375 g/mol. The van der Waals surface area contributed by atoms with E-state index in [1.54, 1.807) is 6.07 Å². The molecule has 2 rings (SSSR count). The van der Waals surface area contributed by atoms with Gasteiger partial charge in [-0.25, -0.2) is 4.39 Å². The normalized spacial score (nSPS) is 10.4. The summed E-state index contributed by atoms with van der Waals surface area (Å²) in [5.74, 6) is 0.347. The Labute approximate surface area is 121 Å². The number of rotatable bonds is 3. The molecular weight excluding hydrogens is 365 g/mol. The van der Waals surface area contributed by atoms with Gasteiger partial charge in [-0.05, 0) is 56.1 Å². The summed E-state index contributed by atoms with van der Waals surface area (Å²) in [6.45, 7) is 0.285. The fourth-order valence-electron chi connectivity index (χ4n) is 1.47. The molecule has 0 atom stereocenters. The van der Waals surface area contributed by atoms with Crippen LogP contribution in [-0.4, -0.2) is 0 Å². The molecule has 94 valence electrons. The zero-order chi connectivity index (χ0) is 13.1. The van der Waals surface area contributed by atoms with Gasteiger partial charge in [-0.15, -0.1) is 0 Å². The van der Waals surface area contributed by atoms with Gasteiger partial charge < -0.3 is 10.5 Å². The summed E-state index contributed by atoms with van der Waals surface area (Å²) in [7, 11) is 0. The quantitative estimate of drug-likeness (QED) is 0.802. The number of para-hydroxylation sites is 1. The van der Waals surface area contributed by atoms with Crippen molar-refractivity contribution in [2.45, 2.75) is 6.61 Å². The lowest BCUT2D eigenvalue weighted by Crippen LogP contribution is -2.01. The van der Waals surface area contributed by atoms with E-state index in [9.17, 15) is 4.39 Å². The third-order valence-corrected chi connectivity index (χ3v) is 3.65. The molecule has 0 saturated heterocycles. The maximum absolute atomic E-state index is 12.9. The summed E-state index contributed by atoms with van der Waals surface area (Å²) < 4.78 is 20.3. The molecule has 2 aromatic rings. The first-order chi connectivity index (χ1) is 8.58. The van der Waals surface area contributed by atoms with Gasteiger partial charge in [-0.2, -0.15) is 0 Å². The Bertz CT molecular complexity index is 555. The molecule has 0 spiro atoms. The van der Waals surface area contributed by atoms with Gasteiger partial charge in [-0.1, -0.05) is 12.1 Å². The Morgan fingerprint density at radius 1 is 1.11 bits per heavy atom. The second kappa shape index (κ2) is 5.71. The maximum Gasteiger partial charge on any atom is 0.148 e. The summed E-state index contributed by atoms with van der Waals surface area (Å²) in [6, 6.07) is 9.93. The van der Waals surface area contributed by atoms with Crippen LogP contribution in [0.4, 0.5) is 10.1 Å². The van der Waals surface area contributed by atoms with Crippen LogP contribution in [0.5, 0.6) is 5.75 Å². The highest BCUT2D eigenvalue weighted by Crippen LogP contribution is 2.33. The van der Waals surface area contributed by atoms with Gasteiger partial charge in [-0.3, -0.25) is 0 Å². The first-order valence-electron chi connectivity index (χ1n) is 5.18. The van der Waals surface area contributed by atoms with E-state index in [0.717, 1.165) is 14.5 Å². The fourth-order valence-corrected chi connectivity index (χ4v) is 2.69. The van der Waals surface area contributed by atoms with Gasteiger partial charge >= 0.3 is 0 Å². The number of hydrogen-bond acceptors (Lipinski definition) is 2. The molecule has 0 fully saturated rings. The van der Waals surface area contributed by atoms with Crippen molar-refractivity contribution < 1.29 is 9.13 Å². The Hall–Kier alpha value is -1.07. The number of nitrogens with two attached hydrogens (primary N) is 1. The van der Waals surface area contributed by atoms with Crippen LogP contribution in [0.25, 0.3) is 0 Å². The van der Waals surface area contributed by atoms with Gasteiger partial charge in [0.2, 0.25) is 0 Å². The molecule has 0 unspecified atom stereocenters. The lowest BCUT2D eigenvalue weighted by molar-refractivity contribution is 0.303. The Kier molecular flexibility index (Phi) is 4.24. The molecule has 2 N–H and O–H groups in total.